The summed E-state index contributed by atoms with van der Waals surface area (Å²) in [5.41, 5.74) is 1.25. The molecule has 0 saturated heterocycles. The van der Waals surface area contributed by atoms with Crippen molar-refractivity contribution in [3.05, 3.63) is 46.9 Å². The highest BCUT2D eigenvalue weighted by molar-refractivity contribution is 6.29. The minimum absolute atomic E-state index is 0.0594. The Kier molecular flexibility index (Phi) is 4.80. The number of methoxy groups -OCH3 is 1. The molecule has 0 N–H and O–H groups in total. The highest BCUT2D eigenvalue weighted by atomic mass is 35.5. The number of ether oxygens (including phenoxy) is 2. The van der Waals surface area contributed by atoms with Crippen molar-refractivity contribution < 1.29 is 9.47 Å². The van der Waals surface area contributed by atoms with E-state index < -0.39 is 0 Å². The third-order valence-electron chi connectivity index (χ3n) is 2.91. The Morgan fingerprint density at radius 1 is 1.14 bits per heavy atom. The van der Waals surface area contributed by atoms with Crippen molar-refractivity contribution in [2.45, 2.75) is 32.8 Å². The fourth-order valence-electron chi connectivity index (χ4n) is 1.83. The average Bonchev–Trinajstić information content (AvgIpc) is 2.37. The van der Waals surface area contributed by atoms with Crippen LogP contribution in [0, 0.1) is 0 Å². The first kappa shape index (κ1) is 15.7. The van der Waals surface area contributed by atoms with Gasteiger partial charge in [0.25, 0.3) is 0 Å². The number of nitrogens with zero attached hydrogens (tertiary/aromatic N) is 2. The smallest absolute Gasteiger partial charge is 0.224 e. The molecule has 0 saturated carbocycles. The fraction of sp³-hybridized carbons (Fsp3) is 0.375. The second-order valence-corrected chi connectivity index (χ2v) is 6.15. The van der Waals surface area contributed by atoms with Gasteiger partial charge in [-0.2, -0.15) is 4.98 Å². The zero-order valence-corrected chi connectivity index (χ0v) is 13.4. The summed E-state index contributed by atoms with van der Waals surface area (Å²) < 4.78 is 10.8. The Balaban J connectivity index is 2.26. The van der Waals surface area contributed by atoms with E-state index in [0.717, 1.165) is 5.75 Å². The molecule has 0 spiro atoms. The van der Waals surface area contributed by atoms with Crippen LogP contribution in [0.15, 0.2) is 30.3 Å². The van der Waals surface area contributed by atoms with Crippen molar-refractivity contribution >= 4 is 11.6 Å². The van der Waals surface area contributed by atoms with Crippen LogP contribution in [0.25, 0.3) is 0 Å². The van der Waals surface area contributed by atoms with E-state index in [2.05, 4.69) is 36.8 Å². The first-order chi connectivity index (χ1) is 9.88. The normalized spacial score (nSPS) is 11.5. The lowest BCUT2D eigenvalue weighted by Crippen LogP contribution is -2.10. The standard InChI is InChI=1S/C16H19ClN2O2/c1-16(2,3)11-6-5-7-12(8-11)21-15-9-13(17)18-14(19-15)10-20-4/h5-9H,10H2,1-4H3. The minimum atomic E-state index is 0.0594. The molecule has 0 amide bonds. The van der Waals surface area contributed by atoms with Gasteiger partial charge in [0.15, 0.2) is 5.82 Å². The highest BCUT2D eigenvalue weighted by Crippen LogP contribution is 2.28. The Hall–Kier alpha value is -1.65. The molecule has 0 aliphatic carbocycles. The molecule has 0 unspecified atom stereocenters. The van der Waals surface area contributed by atoms with Gasteiger partial charge in [-0.3, -0.25) is 0 Å². The summed E-state index contributed by atoms with van der Waals surface area (Å²) in [6.45, 7) is 6.76. The van der Waals surface area contributed by atoms with E-state index in [1.807, 2.05) is 18.2 Å². The summed E-state index contributed by atoms with van der Waals surface area (Å²) in [6.07, 6.45) is 0. The zero-order valence-electron chi connectivity index (χ0n) is 12.7. The van der Waals surface area contributed by atoms with E-state index in [0.29, 0.717) is 23.5 Å². The van der Waals surface area contributed by atoms with Crippen LogP contribution in [0.3, 0.4) is 0 Å². The third kappa shape index (κ3) is 4.41. The van der Waals surface area contributed by atoms with E-state index in [-0.39, 0.29) is 5.41 Å². The molecular formula is C16H19ClN2O2. The number of halogens is 1. The van der Waals surface area contributed by atoms with E-state index in [1.165, 1.54) is 5.56 Å². The van der Waals surface area contributed by atoms with Crippen molar-refractivity contribution in [2.24, 2.45) is 0 Å². The monoisotopic (exact) mass is 306 g/mol. The Bertz CT molecular complexity index is 624. The first-order valence-corrected chi connectivity index (χ1v) is 7.07. The van der Waals surface area contributed by atoms with Gasteiger partial charge in [-0.1, -0.05) is 44.5 Å². The van der Waals surface area contributed by atoms with Gasteiger partial charge in [-0.25, -0.2) is 4.98 Å². The molecule has 1 heterocycles. The lowest BCUT2D eigenvalue weighted by Gasteiger charge is -2.19. The molecule has 0 atom stereocenters. The second kappa shape index (κ2) is 6.41. The summed E-state index contributed by atoms with van der Waals surface area (Å²) in [4.78, 5) is 8.34. The van der Waals surface area contributed by atoms with Crippen LogP contribution in [0.2, 0.25) is 5.15 Å². The van der Waals surface area contributed by atoms with Crippen molar-refractivity contribution in [3.8, 4) is 11.6 Å². The molecule has 1 aromatic carbocycles. The molecule has 2 aromatic rings. The van der Waals surface area contributed by atoms with Crippen molar-refractivity contribution in [2.75, 3.05) is 7.11 Å². The van der Waals surface area contributed by atoms with Crippen molar-refractivity contribution in [3.63, 3.8) is 0 Å². The molecule has 0 bridgehead atoms. The van der Waals surface area contributed by atoms with Crippen molar-refractivity contribution in [1.29, 1.82) is 0 Å². The maximum absolute atomic E-state index is 5.97. The van der Waals surface area contributed by atoms with E-state index >= 15 is 0 Å². The first-order valence-electron chi connectivity index (χ1n) is 6.69. The molecule has 0 aliphatic heterocycles. The highest BCUT2D eigenvalue weighted by Gasteiger charge is 2.14. The van der Waals surface area contributed by atoms with Gasteiger partial charge < -0.3 is 9.47 Å². The van der Waals surface area contributed by atoms with Crippen LogP contribution in [-0.4, -0.2) is 17.1 Å². The molecule has 112 valence electrons. The van der Waals surface area contributed by atoms with Crippen LogP contribution in [-0.2, 0) is 16.8 Å². The maximum Gasteiger partial charge on any atom is 0.224 e. The zero-order chi connectivity index (χ0) is 15.5. The van der Waals surface area contributed by atoms with E-state index in [9.17, 15) is 0 Å². The number of aromatic nitrogens is 2. The third-order valence-corrected chi connectivity index (χ3v) is 3.11. The Labute approximate surface area is 130 Å². The molecule has 5 heteroatoms. The van der Waals surface area contributed by atoms with Gasteiger partial charge in [-0.05, 0) is 23.1 Å². The van der Waals surface area contributed by atoms with Crippen LogP contribution in [0.1, 0.15) is 32.2 Å². The molecule has 0 fully saturated rings. The summed E-state index contributed by atoms with van der Waals surface area (Å²) >= 11 is 5.97. The molecule has 2 rings (SSSR count). The SMILES string of the molecule is COCc1nc(Cl)cc(Oc2cccc(C(C)(C)C)c2)n1. The average molecular weight is 307 g/mol. The van der Waals surface area contributed by atoms with Gasteiger partial charge in [0, 0.05) is 13.2 Å². The lowest BCUT2D eigenvalue weighted by molar-refractivity contribution is 0.177. The predicted molar refractivity (Wildman–Crippen MR) is 83.0 cm³/mol. The van der Waals surface area contributed by atoms with Gasteiger partial charge >= 0.3 is 0 Å². The predicted octanol–water partition coefficient (Wildman–Crippen LogP) is 4.37. The number of hydrogen-bond acceptors (Lipinski definition) is 4. The number of hydrogen-bond donors (Lipinski definition) is 0. The van der Waals surface area contributed by atoms with Crippen LogP contribution in [0.5, 0.6) is 11.6 Å². The number of rotatable bonds is 4. The Morgan fingerprint density at radius 3 is 2.57 bits per heavy atom. The molecular weight excluding hydrogens is 288 g/mol. The number of benzene rings is 1. The maximum atomic E-state index is 5.97. The molecule has 1 aromatic heterocycles. The summed E-state index contributed by atoms with van der Waals surface area (Å²) in [5.74, 6) is 1.63. The van der Waals surface area contributed by atoms with Gasteiger partial charge in [-0.15, -0.1) is 0 Å². The Morgan fingerprint density at radius 2 is 1.90 bits per heavy atom. The molecule has 0 radical (unpaired) electrons. The summed E-state index contributed by atoms with van der Waals surface area (Å²) in [6, 6.07) is 9.53. The second-order valence-electron chi connectivity index (χ2n) is 5.76. The minimum Gasteiger partial charge on any atom is -0.439 e. The van der Waals surface area contributed by atoms with Crippen molar-refractivity contribution in [1.82, 2.24) is 9.97 Å². The molecule has 4 nitrogen and oxygen atoms in total. The largest absolute Gasteiger partial charge is 0.439 e. The lowest BCUT2D eigenvalue weighted by atomic mass is 9.87. The summed E-state index contributed by atoms with van der Waals surface area (Å²) in [5, 5.41) is 0.332. The summed E-state index contributed by atoms with van der Waals surface area (Å²) in [7, 11) is 1.58. The van der Waals surface area contributed by atoms with Crippen LogP contribution in [0.4, 0.5) is 0 Å². The topological polar surface area (TPSA) is 44.2 Å². The fourth-order valence-corrected chi connectivity index (χ4v) is 2.03. The van der Waals surface area contributed by atoms with E-state index in [4.69, 9.17) is 21.1 Å². The van der Waals surface area contributed by atoms with Crippen LogP contribution >= 0.6 is 11.6 Å². The van der Waals surface area contributed by atoms with Crippen LogP contribution < -0.4 is 4.74 Å². The van der Waals surface area contributed by atoms with E-state index in [1.54, 1.807) is 13.2 Å². The molecule has 21 heavy (non-hydrogen) atoms. The quantitative estimate of drug-likeness (QED) is 0.787. The van der Waals surface area contributed by atoms with Gasteiger partial charge in [0.05, 0.1) is 0 Å². The molecule has 0 aliphatic rings. The van der Waals surface area contributed by atoms with Gasteiger partial charge in [0.2, 0.25) is 5.88 Å². The van der Waals surface area contributed by atoms with Gasteiger partial charge in [0.1, 0.15) is 17.5 Å².